The summed E-state index contributed by atoms with van der Waals surface area (Å²) in [6.45, 7) is 7.20. The van der Waals surface area contributed by atoms with E-state index in [-0.39, 0.29) is 16.7 Å². The second kappa shape index (κ2) is 4.46. The molecule has 0 amide bonds. The highest BCUT2D eigenvalue weighted by atomic mass is 32.1. The minimum absolute atomic E-state index is 0.0620. The van der Waals surface area contributed by atoms with Gasteiger partial charge in [-0.2, -0.15) is 0 Å². The Kier molecular flexibility index (Phi) is 2.99. The van der Waals surface area contributed by atoms with Crippen molar-refractivity contribution in [1.82, 2.24) is 0 Å². The maximum atomic E-state index is 5.74. The van der Waals surface area contributed by atoms with E-state index in [1.165, 1.54) is 11.1 Å². The lowest BCUT2D eigenvalue weighted by molar-refractivity contribution is 0.190. The summed E-state index contributed by atoms with van der Waals surface area (Å²) < 4.78 is 5.74. The molecule has 3 rings (SSSR count). The highest BCUT2D eigenvalue weighted by Crippen LogP contribution is 2.62. The zero-order chi connectivity index (χ0) is 14.4. The molecule has 1 saturated carbocycles. The standard InChI is InChI=1S/C18H18OS/c1-4-10-18-11-13(2)17(3,14-8-6-5-7-9-14)15(18)16(20)19-12-18/h1,5-9,15H,2,10-12H2,3H3/t15-,17-,18-/m1/s1. The van der Waals surface area contributed by atoms with Crippen LogP contribution in [0.2, 0.25) is 0 Å². The Bertz CT molecular complexity index is 612. The van der Waals surface area contributed by atoms with Crippen molar-refractivity contribution in [2.24, 2.45) is 11.3 Å². The van der Waals surface area contributed by atoms with Gasteiger partial charge in [0.15, 0.2) is 5.05 Å². The van der Waals surface area contributed by atoms with Gasteiger partial charge >= 0.3 is 0 Å². The molecule has 1 saturated heterocycles. The third kappa shape index (κ3) is 1.60. The quantitative estimate of drug-likeness (QED) is 0.462. The van der Waals surface area contributed by atoms with Crippen LogP contribution in [0.4, 0.5) is 0 Å². The number of benzene rings is 1. The minimum Gasteiger partial charge on any atom is -0.486 e. The van der Waals surface area contributed by atoms with Gasteiger partial charge in [0.1, 0.15) is 0 Å². The van der Waals surface area contributed by atoms with Crippen LogP contribution in [-0.4, -0.2) is 11.7 Å². The number of hydrogen-bond donors (Lipinski definition) is 0. The molecule has 0 bridgehead atoms. The van der Waals surface area contributed by atoms with Crippen molar-refractivity contribution in [3.8, 4) is 12.3 Å². The number of fused-ring (bicyclic) bond motifs is 1. The predicted molar refractivity (Wildman–Crippen MR) is 85.5 cm³/mol. The number of terminal acetylenes is 1. The first kappa shape index (κ1) is 13.4. The average molecular weight is 282 g/mol. The van der Waals surface area contributed by atoms with Crippen molar-refractivity contribution in [1.29, 1.82) is 0 Å². The normalized spacial score (nSPS) is 35.5. The molecule has 1 aromatic carbocycles. The zero-order valence-corrected chi connectivity index (χ0v) is 12.5. The Labute approximate surface area is 126 Å². The van der Waals surface area contributed by atoms with Gasteiger partial charge in [0, 0.05) is 17.3 Å². The highest BCUT2D eigenvalue weighted by Gasteiger charge is 2.62. The Hall–Kier alpha value is -1.59. The van der Waals surface area contributed by atoms with Gasteiger partial charge in [-0.05, 0) is 24.2 Å². The van der Waals surface area contributed by atoms with Gasteiger partial charge in [0.25, 0.3) is 0 Å². The Morgan fingerprint density at radius 3 is 2.80 bits per heavy atom. The Morgan fingerprint density at radius 1 is 1.45 bits per heavy atom. The number of thiocarbonyl (C=S) groups is 1. The van der Waals surface area contributed by atoms with Crippen molar-refractivity contribution in [2.45, 2.75) is 25.2 Å². The zero-order valence-electron chi connectivity index (χ0n) is 11.7. The van der Waals surface area contributed by atoms with E-state index in [4.69, 9.17) is 23.4 Å². The summed E-state index contributed by atoms with van der Waals surface area (Å²) in [4.78, 5) is 0. The van der Waals surface area contributed by atoms with Crippen LogP contribution in [0, 0.1) is 23.7 Å². The molecule has 0 aromatic heterocycles. The van der Waals surface area contributed by atoms with Crippen molar-refractivity contribution in [3.05, 3.63) is 48.0 Å². The van der Waals surface area contributed by atoms with E-state index in [0.717, 1.165) is 6.42 Å². The van der Waals surface area contributed by atoms with Crippen LogP contribution in [0.15, 0.2) is 42.5 Å². The molecule has 3 atom stereocenters. The number of allylic oxidation sites excluding steroid dienone is 1. The van der Waals surface area contributed by atoms with Gasteiger partial charge in [0.05, 0.1) is 12.5 Å². The molecule has 0 N–H and O–H groups in total. The van der Waals surface area contributed by atoms with E-state index in [9.17, 15) is 0 Å². The summed E-state index contributed by atoms with van der Waals surface area (Å²) >= 11 is 5.51. The Morgan fingerprint density at radius 2 is 2.15 bits per heavy atom. The van der Waals surface area contributed by atoms with Crippen LogP contribution < -0.4 is 0 Å². The lowest BCUT2D eigenvalue weighted by Crippen LogP contribution is -2.37. The van der Waals surface area contributed by atoms with E-state index in [0.29, 0.717) is 18.1 Å². The molecule has 1 aromatic rings. The molecule has 1 aliphatic carbocycles. The highest BCUT2D eigenvalue weighted by molar-refractivity contribution is 7.80. The van der Waals surface area contributed by atoms with Crippen LogP contribution >= 0.6 is 12.2 Å². The van der Waals surface area contributed by atoms with Crippen molar-refractivity contribution in [2.75, 3.05) is 6.61 Å². The van der Waals surface area contributed by atoms with E-state index < -0.39 is 0 Å². The molecule has 2 aliphatic rings. The molecule has 0 spiro atoms. The van der Waals surface area contributed by atoms with Crippen LogP contribution in [0.1, 0.15) is 25.3 Å². The van der Waals surface area contributed by atoms with Gasteiger partial charge in [-0.3, -0.25) is 0 Å². The first-order valence-electron chi connectivity index (χ1n) is 6.88. The summed E-state index contributed by atoms with van der Waals surface area (Å²) in [5.41, 5.74) is 2.23. The molecule has 1 heterocycles. The lowest BCUT2D eigenvalue weighted by atomic mass is 9.66. The number of ether oxygens (including phenoxy) is 1. The molecule has 0 radical (unpaired) electrons. The van der Waals surface area contributed by atoms with Crippen molar-refractivity contribution >= 4 is 17.3 Å². The molecule has 2 heteroatoms. The molecule has 102 valence electrons. The SMILES string of the molecule is C#CC[C@@]12COC(=S)[C@@H]1[C@@](C)(c1ccccc1)C(=C)C2. The molecular formula is C18H18OS. The van der Waals surface area contributed by atoms with Gasteiger partial charge in [-0.1, -0.05) is 49.4 Å². The molecule has 1 nitrogen and oxygen atoms in total. The van der Waals surface area contributed by atoms with Crippen LogP contribution in [0.5, 0.6) is 0 Å². The minimum atomic E-state index is -0.175. The van der Waals surface area contributed by atoms with Gasteiger partial charge in [-0.25, -0.2) is 0 Å². The van der Waals surface area contributed by atoms with Gasteiger partial charge < -0.3 is 4.74 Å². The van der Waals surface area contributed by atoms with Crippen molar-refractivity contribution in [3.63, 3.8) is 0 Å². The third-order valence-electron chi connectivity index (χ3n) is 5.05. The fourth-order valence-corrected chi connectivity index (χ4v) is 4.56. The number of hydrogen-bond acceptors (Lipinski definition) is 2. The first-order chi connectivity index (χ1) is 9.54. The van der Waals surface area contributed by atoms with Gasteiger partial charge in [-0.15, -0.1) is 12.3 Å². The fourth-order valence-electron chi connectivity index (χ4n) is 4.02. The summed E-state index contributed by atoms with van der Waals surface area (Å²) in [6, 6.07) is 10.5. The van der Waals surface area contributed by atoms with E-state index >= 15 is 0 Å². The Balaban J connectivity index is 2.15. The molecule has 2 fully saturated rings. The second-order valence-corrected chi connectivity index (χ2v) is 6.54. The van der Waals surface area contributed by atoms with Crippen LogP contribution in [-0.2, 0) is 10.2 Å². The second-order valence-electron chi connectivity index (χ2n) is 6.13. The predicted octanol–water partition coefficient (Wildman–Crippen LogP) is 3.89. The average Bonchev–Trinajstić information content (AvgIpc) is 2.87. The van der Waals surface area contributed by atoms with E-state index in [1.807, 2.05) is 6.07 Å². The molecule has 1 aliphatic heterocycles. The topological polar surface area (TPSA) is 9.23 Å². The van der Waals surface area contributed by atoms with Crippen LogP contribution in [0.25, 0.3) is 0 Å². The first-order valence-corrected chi connectivity index (χ1v) is 7.29. The fraction of sp³-hybridized carbons (Fsp3) is 0.389. The lowest BCUT2D eigenvalue weighted by Gasteiger charge is -2.34. The monoisotopic (exact) mass is 282 g/mol. The van der Waals surface area contributed by atoms with Crippen molar-refractivity contribution < 1.29 is 4.74 Å². The molecule has 20 heavy (non-hydrogen) atoms. The summed E-state index contributed by atoms with van der Waals surface area (Å²) in [6.07, 6.45) is 7.19. The molecule has 0 unspecified atom stereocenters. The van der Waals surface area contributed by atoms with Crippen LogP contribution in [0.3, 0.4) is 0 Å². The van der Waals surface area contributed by atoms with Gasteiger partial charge in [0.2, 0.25) is 0 Å². The summed E-state index contributed by atoms with van der Waals surface area (Å²) in [5, 5.41) is 0.699. The maximum absolute atomic E-state index is 5.74. The smallest absolute Gasteiger partial charge is 0.164 e. The summed E-state index contributed by atoms with van der Waals surface area (Å²) in [7, 11) is 0. The summed E-state index contributed by atoms with van der Waals surface area (Å²) in [5.74, 6) is 2.97. The van der Waals surface area contributed by atoms with E-state index in [1.54, 1.807) is 0 Å². The molecular weight excluding hydrogens is 264 g/mol. The maximum Gasteiger partial charge on any atom is 0.164 e. The largest absolute Gasteiger partial charge is 0.486 e. The number of rotatable bonds is 2. The van der Waals surface area contributed by atoms with E-state index in [2.05, 4.69) is 43.7 Å². The third-order valence-corrected chi connectivity index (χ3v) is 5.41.